The van der Waals surface area contributed by atoms with Crippen molar-refractivity contribution < 1.29 is 0 Å². The van der Waals surface area contributed by atoms with E-state index in [4.69, 9.17) is 0 Å². The Morgan fingerprint density at radius 3 is 2.31 bits per heavy atom. The van der Waals surface area contributed by atoms with Gasteiger partial charge in [0.25, 0.3) is 0 Å². The number of piperazine rings is 1. The first-order valence-corrected chi connectivity index (χ1v) is 5.49. The van der Waals surface area contributed by atoms with Crippen LogP contribution in [0.2, 0.25) is 0 Å². The molecule has 2 aliphatic heterocycles. The summed E-state index contributed by atoms with van der Waals surface area (Å²) in [6, 6.07) is 0.957. The first-order chi connectivity index (χ1) is 6.36. The van der Waals surface area contributed by atoms with Crippen LogP contribution < -0.4 is 5.32 Å². The maximum absolute atomic E-state index is 3.42. The van der Waals surface area contributed by atoms with Crippen molar-refractivity contribution in [1.82, 2.24) is 15.1 Å². The Balaban J connectivity index is 1.58. The highest BCUT2D eigenvalue weighted by atomic mass is 15.3. The average Bonchev–Trinajstić information content (AvgIpc) is 2.66. The summed E-state index contributed by atoms with van der Waals surface area (Å²) in [6.07, 6.45) is 0. The Kier molecular flexibility index (Phi) is 1.86. The van der Waals surface area contributed by atoms with E-state index in [1.807, 2.05) is 0 Å². The first-order valence-electron chi connectivity index (χ1n) is 5.49. The standard InChI is InChI=1S/C10H19N3/c1-12-6-8-9(7-12)10(8)13-4-2-11-3-5-13/h8-11H,2-7H2,1H3. The van der Waals surface area contributed by atoms with Gasteiger partial charge in [0.05, 0.1) is 0 Å². The number of nitrogens with one attached hydrogen (secondary N) is 1. The van der Waals surface area contributed by atoms with Crippen LogP contribution in [0.1, 0.15) is 0 Å². The molecule has 1 aliphatic carbocycles. The van der Waals surface area contributed by atoms with Crippen molar-refractivity contribution >= 4 is 0 Å². The summed E-state index contributed by atoms with van der Waals surface area (Å²) in [5, 5.41) is 3.42. The Hall–Kier alpha value is -0.120. The van der Waals surface area contributed by atoms with Gasteiger partial charge in [-0.05, 0) is 18.9 Å². The molecule has 2 atom stereocenters. The van der Waals surface area contributed by atoms with Crippen LogP contribution in [-0.4, -0.2) is 62.2 Å². The summed E-state index contributed by atoms with van der Waals surface area (Å²) in [4.78, 5) is 5.19. The van der Waals surface area contributed by atoms with Gasteiger partial charge in [0, 0.05) is 45.3 Å². The molecular formula is C10H19N3. The van der Waals surface area contributed by atoms with Gasteiger partial charge >= 0.3 is 0 Å². The molecule has 74 valence electrons. The van der Waals surface area contributed by atoms with Crippen molar-refractivity contribution in [3.8, 4) is 0 Å². The summed E-state index contributed by atoms with van der Waals surface area (Å²) in [5.74, 6) is 2.03. The SMILES string of the molecule is CN1CC2C(C1)C2N1CCNCC1. The zero-order valence-electron chi connectivity index (χ0n) is 8.37. The second-order valence-corrected chi connectivity index (χ2v) is 4.83. The Morgan fingerprint density at radius 1 is 1.08 bits per heavy atom. The van der Waals surface area contributed by atoms with E-state index in [-0.39, 0.29) is 0 Å². The van der Waals surface area contributed by atoms with E-state index < -0.39 is 0 Å². The number of hydrogen-bond acceptors (Lipinski definition) is 3. The van der Waals surface area contributed by atoms with Crippen LogP contribution in [0.25, 0.3) is 0 Å². The molecule has 3 fully saturated rings. The fourth-order valence-electron chi connectivity index (χ4n) is 3.23. The Morgan fingerprint density at radius 2 is 1.69 bits per heavy atom. The fraction of sp³-hybridized carbons (Fsp3) is 1.00. The van der Waals surface area contributed by atoms with E-state index in [0.29, 0.717) is 0 Å². The molecule has 3 aliphatic rings. The largest absolute Gasteiger partial charge is 0.314 e. The van der Waals surface area contributed by atoms with Gasteiger partial charge < -0.3 is 10.2 Å². The molecular weight excluding hydrogens is 162 g/mol. The summed E-state index contributed by atoms with van der Waals surface area (Å²) in [7, 11) is 2.25. The van der Waals surface area contributed by atoms with Crippen LogP contribution in [0, 0.1) is 11.8 Å². The van der Waals surface area contributed by atoms with Crippen LogP contribution >= 0.6 is 0 Å². The lowest BCUT2D eigenvalue weighted by atomic mass is 10.3. The number of likely N-dealkylation sites (tertiary alicyclic amines) is 1. The predicted molar refractivity (Wildman–Crippen MR) is 52.7 cm³/mol. The van der Waals surface area contributed by atoms with Crippen LogP contribution in [0.15, 0.2) is 0 Å². The molecule has 1 saturated carbocycles. The lowest BCUT2D eigenvalue weighted by Crippen LogP contribution is -2.46. The third kappa shape index (κ3) is 1.30. The van der Waals surface area contributed by atoms with E-state index in [0.717, 1.165) is 17.9 Å². The number of rotatable bonds is 1. The van der Waals surface area contributed by atoms with Crippen LogP contribution in [0.4, 0.5) is 0 Å². The topological polar surface area (TPSA) is 18.5 Å². The second kappa shape index (κ2) is 2.94. The van der Waals surface area contributed by atoms with Crippen LogP contribution in [-0.2, 0) is 0 Å². The molecule has 0 aromatic carbocycles. The Bertz CT molecular complexity index is 188. The van der Waals surface area contributed by atoms with Gasteiger partial charge in [0.2, 0.25) is 0 Å². The molecule has 0 aromatic rings. The molecule has 2 heterocycles. The average molecular weight is 181 g/mol. The molecule has 3 nitrogen and oxygen atoms in total. The summed E-state index contributed by atoms with van der Waals surface area (Å²) in [6.45, 7) is 7.65. The lowest BCUT2D eigenvalue weighted by molar-refractivity contribution is 0.190. The van der Waals surface area contributed by atoms with Gasteiger partial charge in [-0.1, -0.05) is 0 Å². The van der Waals surface area contributed by atoms with Crippen LogP contribution in [0.5, 0.6) is 0 Å². The number of piperidine rings is 1. The normalized spacial score (nSPS) is 46.4. The van der Waals surface area contributed by atoms with Crippen molar-refractivity contribution in [2.75, 3.05) is 46.3 Å². The molecule has 2 unspecified atom stereocenters. The number of fused-ring (bicyclic) bond motifs is 1. The molecule has 0 spiro atoms. The van der Waals surface area contributed by atoms with Gasteiger partial charge in [0.15, 0.2) is 0 Å². The summed E-state index contributed by atoms with van der Waals surface area (Å²) < 4.78 is 0. The molecule has 0 aromatic heterocycles. The van der Waals surface area contributed by atoms with E-state index in [1.54, 1.807) is 0 Å². The maximum atomic E-state index is 3.42. The first kappa shape index (κ1) is 8.21. The molecule has 0 radical (unpaired) electrons. The highest BCUT2D eigenvalue weighted by Crippen LogP contribution is 2.48. The summed E-state index contributed by atoms with van der Waals surface area (Å²) in [5.41, 5.74) is 0. The van der Waals surface area contributed by atoms with Crippen molar-refractivity contribution in [2.24, 2.45) is 11.8 Å². The minimum Gasteiger partial charge on any atom is -0.314 e. The highest BCUT2D eigenvalue weighted by molar-refractivity contribution is 5.10. The Labute approximate surface area is 80.1 Å². The van der Waals surface area contributed by atoms with Crippen molar-refractivity contribution in [3.05, 3.63) is 0 Å². The van der Waals surface area contributed by atoms with Gasteiger partial charge in [0.1, 0.15) is 0 Å². The number of hydrogen-bond donors (Lipinski definition) is 1. The monoisotopic (exact) mass is 181 g/mol. The second-order valence-electron chi connectivity index (χ2n) is 4.83. The molecule has 3 rings (SSSR count). The minimum absolute atomic E-state index is 0.957. The smallest absolute Gasteiger partial charge is 0.0185 e. The molecule has 1 N–H and O–H groups in total. The molecule has 13 heavy (non-hydrogen) atoms. The lowest BCUT2D eigenvalue weighted by Gasteiger charge is -2.29. The van der Waals surface area contributed by atoms with Crippen molar-refractivity contribution in [1.29, 1.82) is 0 Å². The van der Waals surface area contributed by atoms with Gasteiger partial charge in [-0.25, -0.2) is 0 Å². The van der Waals surface area contributed by atoms with Crippen LogP contribution in [0.3, 0.4) is 0 Å². The molecule has 0 bridgehead atoms. The van der Waals surface area contributed by atoms with E-state index >= 15 is 0 Å². The number of nitrogens with zero attached hydrogens (tertiary/aromatic N) is 2. The van der Waals surface area contributed by atoms with Gasteiger partial charge in [-0.2, -0.15) is 0 Å². The quantitative estimate of drug-likeness (QED) is 0.586. The predicted octanol–water partition coefficient (Wildman–Crippen LogP) is -0.548. The highest BCUT2D eigenvalue weighted by Gasteiger charge is 2.57. The van der Waals surface area contributed by atoms with E-state index in [2.05, 4.69) is 22.2 Å². The summed E-state index contributed by atoms with van der Waals surface area (Å²) >= 11 is 0. The van der Waals surface area contributed by atoms with Gasteiger partial charge in [-0.15, -0.1) is 0 Å². The molecule has 0 amide bonds. The molecule has 3 heteroatoms. The molecule has 2 saturated heterocycles. The van der Waals surface area contributed by atoms with E-state index in [9.17, 15) is 0 Å². The van der Waals surface area contributed by atoms with Crippen molar-refractivity contribution in [3.63, 3.8) is 0 Å². The fourth-order valence-corrected chi connectivity index (χ4v) is 3.23. The third-order valence-corrected chi connectivity index (χ3v) is 3.90. The zero-order chi connectivity index (χ0) is 8.84. The zero-order valence-corrected chi connectivity index (χ0v) is 8.37. The third-order valence-electron chi connectivity index (χ3n) is 3.90. The minimum atomic E-state index is 0.957. The maximum Gasteiger partial charge on any atom is 0.0185 e. The van der Waals surface area contributed by atoms with E-state index in [1.165, 1.54) is 39.3 Å². The van der Waals surface area contributed by atoms with Gasteiger partial charge in [-0.3, -0.25) is 4.90 Å². The van der Waals surface area contributed by atoms with Crippen molar-refractivity contribution in [2.45, 2.75) is 6.04 Å².